The molecule has 0 aliphatic carbocycles. The molecule has 6 heteroatoms. The van der Waals surface area contributed by atoms with E-state index in [-0.39, 0.29) is 11.7 Å². The Hall–Kier alpha value is -1.79. The Balaban J connectivity index is 2.00. The maximum absolute atomic E-state index is 13.7. The van der Waals surface area contributed by atoms with Gasteiger partial charge in [-0.15, -0.1) is 11.3 Å². The van der Waals surface area contributed by atoms with Gasteiger partial charge in [0, 0.05) is 31.8 Å². The molecule has 1 amide bonds. The summed E-state index contributed by atoms with van der Waals surface area (Å²) in [5.41, 5.74) is -0.0370. The minimum Gasteiger partial charge on any atom is -0.381 e. The fraction of sp³-hybridized carbons (Fsp3) is 0.375. The average Bonchev–Trinajstić information content (AvgIpc) is 3.08. The summed E-state index contributed by atoms with van der Waals surface area (Å²) in [6.07, 6.45) is 2.76. The number of thiazole rings is 1. The number of carbonyl (C=O) groups is 1. The molecular formula is C16H17FN2O2S. The van der Waals surface area contributed by atoms with E-state index in [0.717, 1.165) is 0 Å². The minimum atomic E-state index is -0.749. The Morgan fingerprint density at radius 2 is 2.18 bits per heavy atom. The van der Waals surface area contributed by atoms with E-state index in [1.165, 1.54) is 23.5 Å². The van der Waals surface area contributed by atoms with Crippen LogP contribution in [0.15, 0.2) is 35.8 Å². The molecule has 2 aromatic rings. The van der Waals surface area contributed by atoms with Crippen molar-refractivity contribution in [1.82, 2.24) is 4.98 Å². The predicted molar refractivity (Wildman–Crippen MR) is 83.7 cm³/mol. The largest absolute Gasteiger partial charge is 0.381 e. The molecule has 0 atom stereocenters. The molecule has 0 N–H and O–H groups in total. The molecule has 1 aliphatic rings. The number of likely N-dealkylation sites (N-methyl/N-ethyl adjacent to an activating group) is 1. The van der Waals surface area contributed by atoms with E-state index in [0.29, 0.717) is 36.8 Å². The highest BCUT2D eigenvalue weighted by Gasteiger charge is 2.44. The molecule has 0 radical (unpaired) electrons. The lowest BCUT2D eigenvalue weighted by Crippen LogP contribution is -2.49. The van der Waals surface area contributed by atoms with Gasteiger partial charge in [-0.1, -0.05) is 12.1 Å². The number of rotatable bonds is 3. The standard InChI is InChI=1S/C16H17FN2O2S/c1-19(15-18-7-10-22-15)14(20)16(5-8-21-9-6-16)12-3-2-4-13(17)11-12/h2-4,7,10-11H,5-6,8-9H2,1H3. The third-order valence-corrected chi connectivity index (χ3v) is 4.99. The molecule has 1 fully saturated rings. The van der Waals surface area contributed by atoms with E-state index in [9.17, 15) is 9.18 Å². The van der Waals surface area contributed by atoms with Crippen LogP contribution in [0.2, 0.25) is 0 Å². The molecule has 2 heterocycles. The fourth-order valence-electron chi connectivity index (χ4n) is 2.92. The first-order valence-corrected chi connectivity index (χ1v) is 8.03. The Bertz CT molecular complexity index is 654. The highest BCUT2D eigenvalue weighted by Crippen LogP contribution is 2.38. The Labute approximate surface area is 132 Å². The number of anilines is 1. The zero-order chi connectivity index (χ0) is 15.6. The number of amides is 1. The molecule has 1 saturated heterocycles. The van der Waals surface area contributed by atoms with Crippen molar-refractivity contribution in [1.29, 1.82) is 0 Å². The van der Waals surface area contributed by atoms with Gasteiger partial charge in [0.1, 0.15) is 5.82 Å². The molecule has 1 aromatic heterocycles. The molecule has 1 aromatic carbocycles. The second-order valence-electron chi connectivity index (χ2n) is 5.38. The lowest BCUT2D eigenvalue weighted by atomic mass is 9.73. The highest BCUT2D eigenvalue weighted by atomic mass is 32.1. The van der Waals surface area contributed by atoms with Gasteiger partial charge in [0.15, 0.2) is 5.13 Å². The van der Waals surface area contributed by atoms with Crippen LogP contribution in [-0.2, 0) is 14.9 Å². The number of halogens is 1. The quantitative estimate of drug-likeness (QED) is 0.873. The Morgan fingerprint density at radius 1 is 1.41 bits per heavy atom. The van der Waals surface area contributed by atoms with Crippen LogP contribution < -0.4 is 4.90 Å². The summed E-state index contributed by atoms with van der Waals surface area (Å²) in [6.45, 7) is 0.988. The van der Waals surface area contributed by atoms with Gasteiger partial charge in [0.2, 0.25) is 5.91 Å². The van der Waals surface area contributed by atoms with Crippen LogP contribution >= 0.6 is 11.3 Å². The molecule has 0 spiro atoms. The molecule has 22 heavy (non-hydrogen) atoms. The van der Waals surface area contributed by atoms with Crippen molar-refractivity contribution < 1.29 is 13.9 Å². The van der Waals surface area contributed by atoms with Gasteiger partial charge in [-0.2, -0.15) is 0 Å². The summed E-state index contributed by atoms with van der Waals surface area (Å²) in [5, 5.41) is 2.48. The summed E-state index contributed by atoms with van der Waals surface area (Å²) in [7, 11) is 1.72. The van der Waals surface area contributed by atoms with Crippen LogP contribution in [0.4, 0.5) is 9.52 Å². The second kappa shape index (κ2) is 6.14. The van der Waals surface area contributed by atoms with Crippen LogP contribution in [0.1, 0.15) is 18.4 Å². The van der Waals surface area contributed by atoms with Crippen molar-refractivity contribution in [2.24, 2.45) is 0 Å². The monoisotopic (exact) mass is 320 g/mol. The minimum absolute atomic E-state index is 0.0589. The van der Waals surface area contributed by atoms with Gasteiger partial charge in [0.25, 0.3) is 0 Å². The molecule has 116 valence electrons. The molecule has 0 saturated carbocycles. The van der Waals surface area contributed by atoms with E-state index in [1.54, 1.807) is 24.2 Å². The van der Waals surface area contributed by atoms with Gasteiger partial charge in [0.05, 0.1) is 5.41 Å². The Morgan fingerprint density at radius 3 is 2.82 bits per heavy atom. The van der Waals surface area contributed by atoms with E-state index in [4.69, 9.17) is 4.74 Å². The van der Waals surface area contributed by atoms with Gasteiger partial charge in [-0.3, -0.25) is 9.69 Å². The number of aromatic nitrogens is 1. The zero-order valence-corrected chi connectivity index (χ0v) is 13.1. The summed E-state index contributed by atoms with van der Waals surface area (Å²) >= 11 is 1.41. The summed E-state index contributed by atoms with van der Waals surface area (Å²) in [5.74, 6) is -0.385. The van der Waals surface area contributed by atoms with Crippen LogP contribution in [0.3, 0.4) is 0 Å². The summed E-state index contributed by atoms with van der Waals surface area (Å²) in [6, 6.07) is 6.32. The van der Waals surface area contributed by atoms with Gasteiger partial charge in [-0.05, 0) is 30.5 Å². The molecular weight excluding hydrogens is 303 g/mol. The maximum atomic E-state index is 13.7. The zero-order valence-electron chi connectivity index (χ0n) is 12.3. The molecule has 0 unspecified atom stereocenters. The Kier molecular flexibility index (Phi) is 4.22. The van der Waals surface area contributed by atoms with Gasteiger partial charge < -0.3 is 4.74 Å². The third-order valence-electron chi connectivity index (χ3n) is 4.14. The molecule has 0 bridgehead atoms. The first kappa shape index (κ1) is 15.1. The molecule has 4 nitrogen and oxygen atoms in total. The summed E-state index contributed by atoms with van der Waals surface area (Å²) in [4.78, 5) is 18.9. The SMILES string of the molecule is CN(C(=O)C1(c2cccc(F)c2)CCOCC1)c1nccs1. The topological polar surface area (TPSA) is 42.4 Å². The second-order valence-corrected chi connectivity index (χ2v) is 6.26. The highest BCUT2D eigenvalue weighted by molar-refractivity contribution is 7.13. The van der Waals surface area contributed by atoms with Crippen molar-refractivity contribution in [2.75, 3.05) is 25.2 Å². The number of hydrogen-bond acceptors (Lipinski definition) is 4. The first-order chi connectivity index (χ1) is 10.6. The number of ether oxygens (including phenoxy) is 1. The molecule has 3 rings (SSSR count). The van der Waals surface area contributed by atoms with Crippen LogP contribution in [0.5, 0.6) is 0 Å². The van der Waals surface area contributed by atoms with Crippen molar-refractivity contribution in [3.05, 3.63) is 47.2 Å². The number of nitrogens with zero attached hydrogens (tertiary/aromatic N) is 2. The predicted octanol–water partition coefficient (Wildman–Crippen LogP) is 2.99. The van der Waals surface area contributed by atoms with Crippen molar-refractivity contribution >= 4 is 22.4 Å². The van der Waals surface area contributed by atoms with E-state index < -0.39 is 5.41 Å². The van der Waals surface area contributed by atoms with Gasteiger partial charge >= 0.3 is 0 Å². The van der Waals surface area contributed by atoms with E-state index in [2.05, 4.69) is 4.98 Å². The number of carbonyl (C=O) groups excluding carboxylic acids is 1. The third kappa shape index (κ3) is 2.64. The van der Waals surface area contributed by atoms with Crippen molar-refractivity contribution in [3.8, 4) is 0 Å². The van der Waals surface area contributed by atoms with Crippen LogP contribution in [-0.4, -0.2) is 31.2 Å². The lowest BCUT2D eigenvalue weighted by molar-refractivity contribution is -0.127. The first-order valence-electron chi connectivity index (χ1n) is 7.15. The number of benzene rings is 1. The van der Waals surface area contributed by atoms with Crippen LogP contribution in [0, 0.1) is 5.82 Å². The van der Waals surface area contributed by atoms with E-state index in [1.807, 2.05) is 11.4 Å². The van der Waals surface area contributed by atoms with Gasteiger partial charge in [-0.25, -0.2) is 9.37 Å². The van der Waals surface area contributed by atoms with Crippen molar-refractivity contribution in [3.63, 3.8) is 0 Å². The summed E-state index contributed by atoms with van der Waals surface area (Å²) < 4.78 is 19.1. The van der Waals surface area contributed by atoms with Crippen LogP contribution in [0.25, 0.3) is 0 Å². The number of hydrogen-bond donors (Lipinski definition) is 0. The average molecular weight is 320 g/mol. The van der Waals surface area contributed by atoms with E-state index >= 15 is 0 Å². The molecule has 1 aliphatic heterocycles. The maximum Gasteiger partial charge on any atom is 0.239 e. The normalized spacial score (nSPS) is 17.2. The lowest BCUT2D eigenvalue weighted by Gasteiger charge is -2.38. The van der Waals surface area contributed by atoms with Crippen molar-refractivity contribution in [2.45, 2.75) is 18.3 Å². The fourth-order valence-corrected chi connectivity index (χ4v) is 3.53. The smallest absolute Gasteiger partial charge is 0.239 e.